The zero-order valence-corrected chi connectivity index (χ0v) is 11.0. The van der Waals surface area contributed by atoms with Crippen molar-refractivity contribution < 1.29 is 4.79 Å². The third-order valence-electron chi connectivity index (χ3n) is 3.69. The normalized spacial score (nSPS) is 21.1. The van der Waals surface area contributed by atoms with Crippen LogP contribution in [0.4, 0.5) is 5.69 Å². The first-order chi connectivity index (χ1) is 9.25. The van der Waals surface area contributed by atoms with Gasteiger partial charge in [-0.15, -0.1) is 0 Å². The Kier molecular flexibility index (Phi) is 3.11. The molecule has 100 valence electrons. The van der Waals surface area contributed by atoms with Gasteiger partial charge < -0.3 is 15.5 Å². The number of hydrogen-bond acceptors (Lipinski definition) is 4. The lowest BCUT2D eigenvalue weighted by Gasteiger charge is -2.16. The molecule has 2 aliphatic heterocycles. The van der Waals surface area contributed by atoms with Gasteiger partial charge in [-0.25, -0.2) is 0 Å². The van der Waals surface area contributed by atoms with Crippen LogP contribution >= 0.6 is 0 Å². The molecular weight excluding hydrogens is 240 g/mol. The summed E-state index contributed by atoms with van der Waals surface area (Å²) in [4.78, 5) is 18.4. The van der Waals surface area contributed by atoms with Crippen LogP contribution in [-0.2, 0) is 4.79 Å². The Bertz CT molecular complexity index is 526. The fraction of sp³-hybridized carbons (Fsp3) is 0.429. The number of benzene rings is 1. The number of rotatable bonds is 3. The largest absolute Gasteiger partial charge is 0.356 e. The zero-order chi connectivity index (χ0) is 13.2. The number of para-hydroxylation sites is 1. The quantitative estimate of drug-likeness (QED) is 0.850. The monoisotopic (exact) mass is 258 g/mol. The molecule has 2 N–H and O–H groups in total. The number of carbonyl (C=O) groups is 1. The van der Waals surface area contributed by atoms with E-state index in [9.17, 15) is 4.79 Å². The van der Waals surface area contributed by atoms with Crippen LogP contribution in [0.2, 0.25) is 0 Å². The SMILES string of the molecule is CN1CCN=C1NCCC1C(=O)Nc2ccccc21. The molecule has 0 spiro atoms. The van der Waals surface area contributed by atoms with Crippen molar-refractivity contribution in [1.82, 2.24) is 10.2 Å². The number of guanidine groups is 1. The van der Waals surface area contributed by atoms with Crippen LogP contribution in [0.25, 0.3) is 0 Å². The van der Waals surface area contributed by atoms with Crippen LogP contribution in [0.1, 0.15) is 17.9 Å². The molecule has 0 bridgehead atoms. The summed E-state index contributed by atoms with van der Waals surface area (Å²) < 4.78 is 0. The maximum Gasteiger partial charge on any atom is 0.232 e. The summed E-state index contributed by atoms with van der Waals surface area (Å²) in [7, 11) is 2.02. The number of hydrogen-bond donors (Lipinski definition) is 2. The molecule has 0 saturated carbocycles. The number of aliphatic imine (C=N–C) groups is 1. The molecule has 3 rings (SSSR count). The second kappa shape index (κ2) is 4.91. The highest BCUT2D eigenvalue weighted by Crippen LogP contribution is 2.33. The van der Waals surface area contributed by atoms with Gasteiger partial charge in [0.05, 0.1) is 12.5 Å². The maximum atomic E-state index is 11.9. The lowest BCUT2D eigenvalue weighted by molar-refractivity contribution is -0.117. The van der Waals surface area contributed by atoms with E-state index in [0.29, 0.717) is 0 Å². The average molecular weight is 258 g/mol. The van der Waals surface area contributed by atoms with E-state index in [4.69, 9.17) is 0 Å². The van der Waals surface area contributed by atoms with Gasteiger partial charge in [0.1, 0.15) is 0 Å². The van der Waals surface area contributed by atoms with Gasteiger partial charge in [0, 0.05) is 25.8 Å². The van der Waals surface area contributed by atoms with E-state index in [1.807, 2.05) is 31.3 Å². The van der Waals surface area contributed by atoms with Crippen molar-refractivity contribution in [2.45, 2.75) is 12.3 Å². The topological polar surface area (TPSA) is 56.7 Å². The van der Waals surface area contributed by atoms with Gasteiger partial charge in [0.25, 0.3) is 0 Å². The van der Waals surface area contributed by atoms with Crippen LogP contribution in [0, 0.1) is 0 Å². The van der Waals surface area contributed by atoms with E-state index in [0.717, 1.165) is 43.3 Å². The molecule has 1 unspecified atom stereocenters. The van der Waals surface area contributed by atoms with Gasteiger partial charge in [-0.1, -0.05) is 18.2 Å². The minimum absolute atomic E-state index is 0.0454. The molecule has 0 aliphatic carbocycles. The van der Waals surface area contributed by atoms with Gasteiger partial charge in [0.2, 0.25) is 5.91 Å². The summed E-state index contributed by atoms with van der Waals surface area (Å²) in [6.07, 6.45) is 0.787. The zero-order valence-electron chi connectivity index (χ0n) is 11.0. The molecule has 1 amide bonds. The number of fused-ring (bicyclic) bond motifs is 1. The van der Waals surface area contributed by atoms with Gasteiger partial charge in [-0.05, 0) is 18.1 Å². The summed E-state index contributed by atoms with van der Waals surface area (Å²) >= 11 is 0. The third kappa shape index (κ3) is 2.28. The van der Waals surface area contributed by atoms with Gasteiger partial charge in [-0.2, -0.15) is 0 Å². The molecule has 1 aromatic carbocycles. The highest BCUT2D eigenvalue weighted by atomic mass is 16.2. The Balaban J connectivity index is 1.60. The van der Waals surface area contributed by atoms with Crippen molar-refractivity contribution in [3.05, 3.63) is 29.8 Å². The van der Waals surface area contributed by atoms with Crippen molar-refractivity contribution >= 4 is 17.6 Å². The Morgan fingerprint density at radius 3 is 3.11 bits per heavy atom. The van der Waals surface area contributed by atoms with E-state index < -0.39 is 0 Å². The predicted molar refractivity (Wildman–Crippen MR) is 75.4 cm³/mol. The molecule has 0 aromatic heterocycles. The fourth-order valence-electron chi connectivity index (χ4n) is 2.61. The van der Waals surface area contributed by atoms with Crippen LogP contribution in [0.15, 0.2) is 29.3 Å². The first-order valence-electron chi connectivity index (χ1n) is 6.65. The minimum Gasteiger partial charge on any atom is -0.356 e. The molecule has 1 atom stereocenters. The van der Waals surface area contributed by atoms with E-state index in [-0.39, 0.29) is 11.8 Å². The summed E-state index contributed by atoms with van der Waals surface area (Å²) in [6.45, 7) is 2.58. The number of nitrogens with zero attached hydrogens (tertiary/aromatic N) is 2. The Morgan fingerprint density at radius 2 is 2.32 bits per heavy atom. The van der Waals surface area contributed by atoms with Gasteiger partial charge >= 0.3 is 0 Å². The van der Waals surface area contributed by atoms with Crippen molar-refractivity contribution in [2.24, 2.45) is 4.99 Å². The number of anilines is 1. The Hall–Kier alpha value is -2.04. The maximum absolute atomic E-state index is 11.9. The first kappa shape index (κ1) is 12.0. The van der Waals surface area contributed by atoms with Crippen molar-refractivity contribution in [2.75, 3.05) is 32.0 Å². The van der Waals surface area contributed by atoms with E-state index in [1.54, 1.807) is 0 Å². The standard InChI is InChI=1S/C14H18N4O/c1-18-9-8-16-14(18)15-7-6-11-10-4-2-3-5-12(10)17-13(11)19/h2-5,11H,6-9H2,1H3,(H,15,16)(H,17,19). The fourth-order valence-corrected chi connectivity index (χ4v) is 2.61. The molecule has 1 aromatic rings. The van der Waals surface area contributed by atoms with Crippen LogP contribution in [0.5, 0.6) is 0 Å². The van der Waals surface area contributed by atoms with E-state index in [2.05, 4.69) is 20.5 Å². The highest BCUT2D eigenvalue weighted by molar-refractivity contribution is 6.02. The van der Waals surface area contributed by atoms with E-state index >= 15 is 0 Å². The second-order valence-corrected chi connectivity index (χ2v) is 4.97. The molecule has 2 aliphatic rings. The van der Waals surface area contributed by atoms with Crippen LogP contribution in [0.3, 0.4) is 0 Å². The lowest BCUT2D eigenvalue weighted by atomic mass is 9.97. The van der Waals surface area contributed by atoms with Gasteiger partial charge in [0.15, 0.2) is 5.96 Å². The summed E-state index contributed by atoms with van der Waals surface area (Å²) in [5.74, 6) is 0.993. The molecule has 19 heavy (non-hydrogen) atoms. The van der Waals surface area contributed by atoms with Crippen LogP contribution in [-0.4, -0.2) is 43.4 Å². The number of nitrogens with one attached hydrogen (secondary N) is 2. The molecule has 5 nitrogen and oxygen atoms in total. The lowest BCUT2D eigenvalue weighted by Crippen LogP contribution is -2.36. The van der Waals surface area contributed by atoms with Crippen LogP contribution < -0.4 is 10.6 Å². The molecule has 2 heterocycles. The first-order valence-corrected chi connectivity index (χ1v) is 6.65. The average Bonchev–Trinajstić information content (AvgIpc) is 2.94. The smallest absolute Gasteiger partial charge is 0.232 e. The Morgan fingerprint density at radius 1 is 1.47 bits per heavy atom. The molecular formula is C14H18N4O. The third-order valence-corrected chi connectivity index (χ3v) is 3.69. The highest BCUT2D eigenvalue weighted by Gasteiger charge is 2.29. The molecule has 0 fully saturated rings. The molecule has 0 radical (unpaired) electrons. The Labute approximate surface area is 112 Å². The number of amides is 1. The summed E-state index contributed by atoms with van der Waals surface area (Å²) in [5, 5.41) is 6.23. The van der Waals surface area contributed by atoms with Gasteiger partial charge in [-0.3, -0.25) is 9.79 Å². The summed E-state index contributed by atoms with van der Waals surface area (Å²) in [5.41, 5.74) is 2.06. The van der Waals surface area contributed by atoms with E-state index in [1.165, 1.54) is 0 Å². The number of likely N-dealkylation sites (N-methyl/N-ethyl adjacent to an activating group) is 1. The second-order valence-electron chi connectivity index (χ2n) is 4.97. The number of carbonyl (C=O) groups excluding carboxylic acids is 1. The van der Waals surface area contributed by atoms with Crippen molar-refractivity contribution in [1.29, 1.82) is 0 Å². The summed E-state index contributed by atoms with van der Waals surface area (Å²) in [6, 6.07) is 7.91. The van der Waals surface area contributed by atoms with Crippen molar-refractivity contribution in [3.63, 3.8) is 0 Å². The minimum atomic E-state index is -0.0454. The molecule has 5 heteroatoms. The molecule has 0 saturated heterocycles. The van der Waals surface area contributed by atoms with Crippen molar-refractivity contribution in [3.8, 4) is 0 Å². The predicted octanol–water partition coefficient (Wildman–Crippen LogP) is 1.00.